The molecule has 2 amide bonds. The first-order valence-electron chi connectivity index (χ1n) is 11.7. The zero-order chi connectivity index (χ0) is 26.2. The van der Waals surface area contributed by atoms with E-state index >= 15 is 0 Å². The fourth-order valence-corrected chi connectivity index (χ4v) is 4.18. The molecule has 0 aliphatic rings. The van der Waals surface area contributed by atoms with E-state index in [0.29, 0.717) is 37.1 Å². The van der Waals surface area contributed by atoms with Crippen molar-refractivity contribution < 1.29 is 19.1 Å². The number of halogens is 1. The first-order chi connectivity index (χ1) is 16.4. The predicted octanol–water partition coefficient (Wildman–Crippen LogP) is 4.68. The van der Waals surface area contributed by atoms with Gasteiger partial charge in [-0.15, -0.1) is 16.7 Å². The molecule has 2 atom stereocenters. The Hall–Kier alpha value is -2.46. The summed E-state index contributed by atoms with van der Waals surface area (Å²) in [5.41, 5.74) is -0.191. The Balaban J connectivity index is 2.06. The molecule has 2 aromatic heterocycles. The van der Waals surface area contributed by atoms with Crippen LogP contribution in [0.1, 0.15) is 82.9 Å². The number of aromatic nitrogens is 3. The maximum atomic E-state index is 12.8. The van der Waals surface area contributed by atoms with Crippen molar-refractivity contribution in [1.29, 1.82) is 0 Å². The number of Topliss-reactive ketones (excluding diaryl/α,β-unsaturated/α-hetero) is 1. The van der Waals surface area contributed by atoms with Gasteiger partial charge in [-0.1, -0.05) is 19.1 Å². The largest absolute Gasteiger partial charge is 0.444 e. The van der Waals surface area contributed by atoms with E-state index in [-0.39, 0.29) is 23.5 Å². The number of alkyl carbamates (subject to hydrolysis) is 1. The fourth-order valence-electron chi connectivity index (χ4n) is 3.37. The minimum absolute atomic E-state index is 0.0105. The minimum atomic E-state index is -0.789. The lowest BCUT2D eigenvalue weighted by molar-refractivity contribution is -0.120. The van der Waals surface area contributed by atoms with Crippen LogP contribution in [0.2, 0.25) is 0 Å². The van der Waals surface area contributed by atoms with Gasteiger partial charge in [0.2, 0.25) is 0 Å². The number of carbonyl (C=O) groups excluding carboxylic acids is 3. The molecule has 0 saturated carbocycles. The van der Waals surface area contributed by atoms with E-state index in [1.807, 2.05) is 26.2 Å². The van der Waals surface area contributed by atoms with E-state index in [2.05, 4.69) is 20.9 Å². The van der Waals surface area contributed by atoms with Crippen LogP contribution in [-0.4, -0.2) is 50.8 Å². The highest BCUT2D eigenvalue weighted by atomic mass is 35.5. The highest BCUT2D eigenvalue weighted by Crippen LogP contribution is 2.29. The zero-order valence-corrected chi connectivity index (χ0v) is 22.8. The average Bonchev–Trinajstić information content (AvgIpc) is 3.47. The third-order valence-electron chi connectivity index (χ3n) is 5.75. The second-order valence-electron chi connectivity index (χ2n) is 9.95. The van der Waals surface area contributed by atoms with Gasteiger partial charge in [0.15, 0.2) is 5.78 Å². The van der Waals surface area contributed by atoms with Crippen LogP contribution >= 0.6 is 22.9 Å². The number of alkyl halides is 1. The molecule has 0 aliphatic heterocycles. The van der Waals surface area contributed by atoms with E-state index < -0.39 is 23.3 Å². The van der Waals surface area contributed by atoms with Gasteiger partial charge in [0.25, 0.3) is 5.91 Å². The standard InChI is InChI=1S/C24H36ClN5O4S/c1-16(2)24(6,27-21(32)17-10-12-35-15-17)20-14-30(29-28-20)18(19(31)13-25)9-7-8-11-26-22(33)34-23(3,4)5/h10,12,14-16,18H,7-9,11,13H2,1-6H3,(H,26,33)(H,27,32)/t18-,24-/m0/s1. The number of nitrogens with zero attached hydrogens (tertiary/aromatic N) is 3. The Morgan fingerprint density at radius 3 is 2.49 bits per heavy atom. The lowest BCUT2D eigenvalue weighted by Gasteiger charge is -2.32. The number of thiophene rings is 1. The Labute approximate surface area is 215 Å². The van der Waals surface area contributed by atoms with Crippen LogP contribution in [-0.2, 0) is 15.1 Å². The molecular formula is C24H36ClN5O4S. The number of hydrogen-bond acceptors (Lipinski definition) is 7. The number of carbonyl (C=O) groups is 3. The van der Waals surface area contributed by atoms with Gasteiger partial charge in [-0.3, -0.25) is 9.59 Å². The second-order valence-corrected chi connectivity index (χ2v) is 11.0. The van der Waals surface area contributed by atoms with Gasteiger partial charge in [-0.25, -0.2) is 9.48 Å². The molecule has 0 unspecified atom stereocenters. The lowest BCUT2D eigenvalue weighted by Crippen LogP contribution is -2.47. The normalized spacial score (nSPS) is 14.3. The predicted molar refractivity (Wildman–Crippen MR) is 137 cm³/mol. The molecule has 35 heavy (non-hydrogen) atoms. The first kappa shape index (κ1) is 28.8. The molecule has 0 aromatic carbocycles. The molecule has 0 spiro atoms. The quantitative estimate of drug-likeness (QED) is 0.307. The minimum Gasteiger partial charge on any atom is -0.444 e. The van der Waals surface area contributed by atoms with Crippen LogP contribution in [0.5, 0.6) is 0 Å². The van der Waals surface area contributed by atoms with Crippen molar-refractivity contribution in [2.24, 2.45) is 5.92 Å². The van der Waals surface area contributed by atoms with Gasteiger partial charge < -0.3 is 15.4 Å². The van der Waals surface area contributed by atoms with Gasteiger partial charge in [-0.05, 0) is 64.3 Å². The molecule has 2 aromatic rings. The maximum Gasteiger partial charge on any atom is 0.407 e. The summed E-state index contributed by atoms with van der Waals surface area (Å²) >= 11 is 7.33. The summed E-state index contributed by atoms with van der Waals surface area (Å²) in [5, 5.41) is 18.0. The number of rotatable bonds is 12. The van der Waals surface area contributed by atoms with E-state index in [9.17, 15) is 14.4 Å². The highest BCUT2D eigenvalue weighted by molar-refractivity contribution is 7.08. The molecule has 0 fully saturated rings. The van der Waals surface area contributed by atoms with Crippen molar-refractivity contribution in [3.05, 3.63) is 34.3 Å². The number of nitrogens with one attached hydrogen (secondary N) is 2. The highest BCUT2D eigenvalue weighted by Gasteiger charge is 2.36. The molecule has 0 bridgehead atoms. The summed E-state index contributed by atoms with van der Waals surface area (Å²) in [6.45, 7) is 11.7. The van der Waals surface area contributed by atoms with Crippen LogP contribution < -0.4 is 10.6 Å². The third kappa shape index (κ3) is 8.31. The summed E-state index contributed by atoms with van der Waals surface area (Å²) in [4.78, 5) is 37.1. The number of unbranched alkanes of at least 4 members (excludes halogenated alkanes) is 1. The SMILES string of the molecule is CC(C)[C@](C)(NC(=O)c1ccsc1)c1cn([C@@H](CCCCNC(=O)OC(C)(C)C)C(=O)CCl)nn1. The number of hydrogen-bond donors (Lipinski definition) is 2. The molecule has 0 radical (unpaired) electrons. The average molecular weight is 526 g/mol. The molecule has 0 aliphatic carbocycles. The maximum absolute atomic E-state index is 12.8. The number of ketones is 1. The molecule has 2 heterocycles. The Kier molecular flexibility index (Phi) is 10.3. The fraction of sp³-hybridized carbons (Fsp3) is 0.625. The number of amides is 2. The number of ether oxygens (including phenoxy) is 1. The molecule has 11 heteroatoms. The monoisotopic (exact) mass is 525 g/mol. The van der Waals surface area contributed by atoms with Gasteiger partial charge >= 0.3 is 6.09 Å². The summed E-state index contributed by atoms with van der Waals surface area (Å²) in [5.74, 6) is -0.497. The molecular weight excluding hydrogens is 490 g/mol. The molecule has 194 valence electrons. The second kappa shape index (κ2) is 12.5. The van der Waals surface area contributed by atoms with E-state index in [1.165, 1.54) is 16.0 Å². The molecule has 2 N–H and O–H groups in total. The summed E-state index contributed by atoms with van der Waals surface area (Å²) in [6, 6.07) is 1.18. The van der Waals surface area contributed by atoms with Crippen molar-refractivity contribution in [2.75, 3.05) is 12.4 Å². The van der Waals surface area contributed by atoms with Crippen molar-refractivity contribution in [3.8, 4) is 0 Å². The summed E-state index contributed by atoms with van der Waals surface area (Å²) in [6.07, 6.45) is 3.05. The topological polar surface area (TPSA) is 115 Å². The Bertz CT molecular complexity index is 986. The third-order valence-corrected chi connectivity index (χ3v) is 6.70. The van der Waals surface area contributed by atoms with Crippen molar-refractivity contribution >= 4 is 40.7 Å². The smallest absolute Gasteiger partial charge is 0.407 e. The van der Waals surface area contributed by atoms with Crippen LogP contribution in [0.25, 0.3) is 0 Å². The van der Waals surface area contributed by atoms with Crippen LogP contribution in [0.15, 0.2) is 23.0 Å². The van der Waals surface area contributed by atoms with Crippen LogP contribution in [0.3, 0.4) is 0 Å². The summed E-state index contributed by atoms with van der Waals surface area (Å²) < 4.78 is 6.75. The van der Waals surface area contributed by atoms with E-state index in [0.717, 1.165) is 0 Å². The molecule has 2 rings (SSSR count). The van der Waals surface area contributed by atoms with Gasteiger partial charge in [0.1, 0.15) is 17.3 Å². The van der Waals surface area contributed by atoms with Gasteiger partial charge in [-0.2, -0.15) is 11.3 Å². The zero-order valence-electron chi connectivity index (χ0n) is 21.3. The Morgan fingerprint density at radius 1 is 1.20 bits per heavy atom. The van der Waals surface area contributed by atoms with Gasteiger partial charge in [0, 0.05) is 11.9 Å². The lowest BCUT2D eigenvalue weighted by atomic mass is 9.85. The first-order valence-corrected chi connectivity index (χ1v) is 13.2. The van der Waals surface area contributed by atoms with E-state index in [4.69, 9.17) is 16.3 Å². The Morgan fingerprint density at radius 2 is 1.91 bits per heavy atom. The van der Waals surface area contributed by atoms with Crippen LogP contribution in [0.4, 0.5) is 4.79 Å². The van der Waals surface area contributed by atoms with Crippen molar-refractivity contribution in [2.45, 2.75) is 78.0 Å². The summed E-state index contributed by atoms with van der Waals surface area (Å²) in [7, 11) is 0. The van der Waals surface area contributed by atoms with E-state index in [1.54, 1.807) is 38.4 Å². The van der Waals surface area contributed by atoms with Crippen LogP contribution in [0, 0.1) is 5.92 Å². The van der Waals surface area contributed by atoms with Crippen molar-refractivity contribution in [3.63, 3.8) is 0 Å². The van der Waals surface area contributed by atoms with Crippen molar-refractivity contribution in [1.82, 2.24) is 25.6 Å². The molecule has 9 nitrogen and oxygen atoms in total. The van der Waals surface area contributed by atoms with Gasteiger partial charge in [0.05, 0.1) is 23.2 Å². The molecule has 0 saturated heterocycles.